The van der Waals surface area contributed by atoms with Gasteiger partial charge in [0.15, 0.2) is 5.17 Å². The highest BCUT2D eigenvalue weighted by molar-refractivity contribution is 8.13. The molecule has 2 atom stereocenters. The van der Waals surface area contributed by atoms with E-state index in [1.54, 1.807) is 0 Å². The molecular weight excluding hydrogens is 304 g/mol. The van der Waals surface area contributed by atoms with Crippen LogP contribution >= 0.6 is 11.8 Å². The molecule has 3 aliphatic heterocycles. The summed E-state index contributed by atoms with van der Waals surface area (Å²) in [6.45, 7) is 3.04. The van der Waals surface area contributed by atoms with Gasteiger partial charge in [-0.05, 0) is 24.1 Å². The SMILES string of the molecule is C[C@]12C[C@@H](c3ccccc3O1)N1Cc3ccccc3CSC1=N2. The molecule has 0 spiro atoms. The number of hydrogen-bond acceptors (Lipinski definition) is 4. The summed E-state index contributed by atoms with van der Waals surface area (Å²) in [5, 5.41) is 1.12. The van der Waals surface area contributed by atoms with Gasteiger partial charge in [0.05, 0.1) is 6.04 Å². The van der Waals surface area contributed by atoms with Crippen molar-refractivity contribution in [3.05, 3.63) is 65.2 Å². The Balaban J connectivity index is 1.65. The number of hydrogen-bond donors (Lipinski definition) is 0. The van der Waals surface area contributed by atoms with Gasteiger partial charge in [0, 0.05) is 24.3 Å². The van der Waals surface area contributed by atoms with Crippen molar-refractivity contribution in [2.24, 2.45) is 4.99 Å². The van der Waals surface area contributed by atoms with Crippen LogP contribution in [0.5, 0.6) is 5.75 Å². The Morgan fingerprint density at radius 2 is 1.91 bits per heavy atom. The van der Waals surface area contributed by atoms with E-state index in [0.29, 0.717) is 6.04 Å². The van der Waals surface area contributed by atoms with Crippen LogP contribution in [0.3, 0.4) is 0 Å². The van der Waals surface area contributed by atoms with E-state index < -0.39 is 5.72 Å². The highest BCUT2D eigenvalue weighted by Crippen LogP contribution is 2.48. The lowest BCUT2D eigenvalue weighted by Gasteiger charge is -2.47. The number of thioether (sulfide) groups is 1. The second-order valence-electron chi connectivity index (χ2n) is 6.61. The van der Waals surface area contributed by atoms with Gasteiger partial charge >= 0.3 is 0 Å². The largest absolute Gasteiger partial charge is 0.466 e. The molecule has 0 radical (unpaired) electrons. The summed E-state index contributed by atoms with van der Waals surface area (Å²) in [7, 11) is 0. The summed E-state index contributed by atoms with van der Waals surface area (Å²) in [5.41, 5.74) is 3.69. The Kier molecular flexibility index (Phi) is 2.80. The maximum Gasteiger partial charge on any atom is 0.202 e. The molecule has 0 unspecified atom stereocenters. The Morgan fingerprint density at radius 1 is 1.13 bits per heavy atom. The highest BCUT2D eigenvalue weighted by Gasteiger charge is 2.45. The fraction of sp³-hybridized carbons (Fsp3) is 0.316. The number of nitrogens with zero attached hydrogens (tertiary/aromatic N) is 2. The minimum Gasteiger partial charge on any atom is -0.466 e. The van der Waals surface area contributed by atoms with E-state index in [0.717, 1.165) is 29.6 Å². The topological polar surface area (TPSA) is 24.8 Å². The van der Waals surface area contributed by atoms with Crippen molar-refractivity contribution in [3.8, 4) is 5.75 Å². The molecule has 5 rings (SSSR count). The predicted octanol–water partition coefficient (Wildman–Crippen LogP) is 4.35. The first-order valence-corrected chi connectivity index (χ1v) is 9.04. The third-order valence-corrected chi connectivity index (χ3v) is 5.99. The second-order valence-corrected chi connectivity index (χ2v) is 7.56. The number of aliphatic imine (C=N–C) groups is 1. The molecule has 0 aromatic heterocycles. The highest BCUT2D eigenvalue weighted by atomic mass is 32.2. The van der Waals surface area contributed by atoms with Crippen molar-refractivity contribution in [1.82, 2.24) is 4.90 Å². The van der Waals surface area contributed by atoms with Gasteiger partial charge in [0.2, 0.25) is 5.72 Å². The number of para-hydroxylation sites is 1. The van der Waals surface area contributed by atoms with Crippen LogP contribution in [0.2, 0.25) is 0 Å². The zero-order valence-corrected chi connectivity index (χ0v) is 13.8. The Morgan fingerprint density at radius 3 is 2.83 bits per heavy atom. The predicted molar refractivity (Wildman–Crippen MR) is 93.5 cm³/mol. The van der Waals surface area contributed by atoms with E-state index in [-0.39, 0.29) is 0 Å². The van der Waals surface area contributed by atoms with Crippen molar-refractivity contribution in [3.63, 3.8) is 0 Å². The Labute approximate surface area is 140 Å². The molecule has 0 saturated carbocycles. The van der Waals surface area contributed by atoms with Crippen LogP contribution in [0.25, 0.3) is 0 Å². The molecule has 0 saturated heterocycles. The van der Waals surface area contributed by atoms with E-state index in [1.807, 2.05) is 17.8 Å². The molecule has 2 bridgehead atoms. The van der Waals surface area contributed by atoms with Crippen LogP contribution in [0.1, 0.15) is 36.1 Å². The van der Waals surface area contributed by atoms with Gasteiger partial charge in [-0.1, -0.05) is 54.2 Å². The van der Waals surface area contributed by atoms with Crippen molar-refractivity contribution < 1.29 is 4.74 Å². The van der Waals surface area contributed by atoms with Crippen molar-refractivity contribution in [2.75, 3.05) is 0 Å². The Bertz CT molecular complexity index is 819. The summed E-state index contributed by atoms with van der Waals surface area (Å²) in [5.74, 6) is 1.97. The second kappa shape index (κ2) is 4.78. The van der Waals surface area contributed by atoms with E-state index in [4.69, 9.17) is 9.73 Å². The third-order valence-electron chi connectivity index (χ3n) is 4.95. The average Bonchev–Trinajstić information content (AvgIpc) is 2.74. The maximum atomic E-state index is 6.23. The molecular formula is C19H18N2OS. The van der Waals surface area contributed by atoms with E-state index in [2.05, 4.69) is 54.3 Å². The molecule has 116 valence electrons. The zero-order chi connectivity index (χ0) is 15.4. The van der Waals surface area contributed by atoms with Gasteiger partial charge < -0.3 is 9.64 Å². The third kappa shape index (κ3) is 2.08. The number of fused-ring (bicyclic) bond motifs is 7. The van der Waals surface area contributed by atoms with E-state index in [9.17, 15) is 0 Å². The lowest BCUT2D eigenvalue weighted by Crippen LogP contribution is -2.49. The molecule has 0 fully saturated rings. The van der Waals surface area contributed by atoms with Gasteiger partial charge in [-0.2, -0.15) is 0 Å². The zero-order valence-electron chi connectivity index (χ0n) is 13.0. The van der Waals surface area contributed by atoms with Gasteiger partial charge in [0.25, 0.3) is 0 Å². The first kappa shape index (κ1) is 13.5. The molecule has 3 nitrogen and oxygen atoms in total. The molecule has 0 amide bonds. The summed E-state index contributed by atoms with van der Waals surface area (Å²) in [6, 6.07) is 17.5. The minimum absolute atomic E-state index is 0.344. The van der Waals surface area contributed by atoms with Crippen LogP contribution in [-0.4, -0.2) is 15.8 Å². The normalized spacial score (nSPS) is 27.8. The fourth-order valence-electron chi connectivity index (χ4n) is 3.81. The molecule has 2 aromatic carbocycles. The average molecular weight is 322 g/mol. The van der Waals surface area contributed by atoms with E-state index >= 15 is 0 Å². The summed E-state index contributed by atoms with van der Waals surface area (Å²) in [4.78, 5) is 7.45. The monoisotopic (exact) mass is 322 g/mol. The lowest BCUT2D eigenvalue weighted by molar-refractivity contribution is 0.0233. The van der Waals surface area contributed by atoms with Crippen LogP contribution in [0, 0.1) is 0 Å². The van der Waals surface area contributed by atoms with Gasteiger partial charge in [-0.3, -0.25) is 0 Å². The molecule has 4 heteroatoms. The number of amidine groups is 1. The van der Waals surface area contributed by atoms with Crippen LogP contribution in [0.15, 0.2) is 53.5 Å². The van der Waals surface area contributed by atoms with Crippen LogP contribution in [0.4, 0.5) is 0 Å². The van der Waals surface area contributed by atoms with Gasteiger partial charge in [0.1, 0.15) is 5.75 Å². The first-order valence-electron chi connectivity index (χ1n) is 8.06. The standard InChI is InChI=1S/C19H18N2OS/c1-19-10-16(15-8-4-5-9-17(15)22-19)21-11-13-6-2-3-7-14(13)12-23-18(21)20-19/h2-9,16H,10-12H2,1H3/t16-,19+/m0/s1. The van der Waals surface area contributed by atoms with Crippen molar-refractivity contribution >= 4 is 16.9 Å². The van der Waals surface area contributed by atoms with E-state index in [1.165, 1.54) is 16.7 Å². The lowest BCUT2D eigenvalue weighted by atomic mass is 9.91. The first-order chi connectivity index (χ1) is 11.2. The summed E-state index contributed by atoms with van der Waals surface area (Å²) in [6.07, 6.45) is 0.913. The van der Waals surface area contributed by atoms with Crippen molar-refractivity contribution in [2.45, 2.75) is 37.4 Å². The quantitative estimate of drug-likeness (QED) is 0.721. The molecule has 2 aromatic rings. The van der Waals surface area contributed by atoms with Crippen LogP contribution in [-0.2, 0) is 12.3 Å². The Hall–Kier alpha value is -1.94. The number of rotatable bonds is 0. The fourth-order valence-corrected chi connectivity index (χ4v) is 5.00. The maximum absolute atomic E-state index is 6.23. The van der Waals surface area contributed by atoms with Gasteiger partial charge in [-0.15, -0.1) is 0 Å². The van der Waals surface area contributed by atoms with Crippen molar-refractivity contribution in [1.29, 1.82) is 0 Å². The summed E-state index contributed by atoms with van der Waals surface area (Å²) >= 11 is 1.84. The number of ether oxygens (including phenoxy) is 1. The molecule has 3 heterocycles. The minimum atomic E-state index is -0.436. The smallest absolute Gasteiger partial charge is 0.202 e. The van der Waals surface area contributed by atoms with Crippen LogP contribution < -0.4 is 4.74 Å². The molecule has 23 heavy (non-hydrogen) atoms. The summed E-state index contributed by atoms with van der Waals surface area (Å²) < 4.78 is 6.23. The molecule has 3 aliphatic rings. The number of benzene rings is 2. The molecule has 0 aliphatic carbocycles. The molecule has 0 N–H and O–H groups in total. The van der Waals surface area contributed by atoms with Gasteiger partial charge in [-0.25, -0.2) is 4.99 Å².